The number of halogens is 1. The van der Waals surface area contributed by atoms with Crippen LogP contribution in [0, 0.1) is 0 Å². The minimum absolute atomic E-state index is 0. The number of likely N-dealkylation sites (tertiary alicyclic amines) is 1. The van der Waals surface area contributed by atoms with Gasteiger partial charge in [-0.2, -0.15) is 0 Å². The molecule has 1 heterocycles. The molecule has 1 saturated heterocycles. The number of piperidine rings is 1. The summed E-state index contributed by atoms with van der Waals surface area (Å²) < 4.78 is 10.7. The molecule has 10 nitrogen and oxygen atoms in total. The number of benzene rings is 3. The fourth-order valence-electron chi connectivity index (χ4n) is 5.47. The maximum atomic E-state index is 13.8. The van der Waals surface area contributed by atoms with Crippen molar-refractivity contribution in [1.82, 2.24) is 20.9 Å². The smallest absolute Gasteiger partial charge is 0.408 e. The quantitative estimate of drug-likeness (QED) is 0.179. The van der Waals surface area contributed by atoms with Crippen molar-refractivity contribution < 1.29 is 29.0 Å². The highest BCUT2D eigenvalue weighted by atomic mass is 35.5. The number of alkyl carbamates (subject to hydrolysis) is 1. The first-order chi connectivity index (χ1) is 22.4. The van der Waals surface area contributed by atoms with Gasteiger partial charge in [-0.3, -0.25) is 9.59 Å². The Bertz CT molecular complexity index is 1370. The van der Waals surface area contributed by atoms with Gasteiger partial charge in [-0.15, -0.1) is 12.4 Å². The normalized spacial score (nSPS) is 14.6. The number of carbonyl (C=O) groups excluding carboxylic acids is 3. The van der Waals surface area contributed by atoms with Crippen LogP contribution in [-0.4, -0.2) is 72.8 Å². The predicted octanol–water partition coefficient (Wildman–Crippen LogP) is 4.38. The molecule has 3 amide bonds. The molecule has 0 saturated carbocycles. The lowest BCUT2D eigenvalue weighted by atomic mass is 9.99. The zero-order valence-corrected chi connectivity index (χ0v) is 27.8. The van der Waals surface area contributed by atoms with Gasteiger partial charge in [0.1, 0.15) is 18.4 Å². The lowest BCUT2D eigenvalue weighted by Crippen LogP contribution is -2.55. The first-order valence-electron chi connectivity index (χ1n) is 16.0. The molecule has 47 heavy (non-hydrogen) atoms. The van der Waals surface area contributed by atoms with Gasteiger partial charge in [0.15, 0.2) is 0 Å². The van der Waals surface area contributed by atoms with E-state index in [0.29, 0.717) is 26.1 Å². The van der Waals surface area contributed by atoms with Crippen molar-refractivity contribution in [1.29, 1.82) is 0 Å². The van der Waals surface area contributed by atoms with Crippen LogP contribution in [0.3, 0.4) is 0 Å². The predicted molar refractivity (Wildman–Crippen MR) is 183 cm³/mol. The van der Waals surface area contributed by atoms with Crippen LogP contribution >= 0.6 is 12.4 Å². The second kappa shape index (κ2) is 20.2. The average Bonchev–Trinajstić information content (AvgIpc) is 3.10. The van der Waals surface area contributed by atoms with Crippen LogP contribution < -0.4 is 20.7 Å². The molecule has 0 spiro atoms. The Hall–Kier alpha value is -4.12. The molecule has 0 bridgehead atoms. The van der Waals surface area contributed by atoms with Crippen molar-refractivity contribution in [2.75, 3.05) is 26.7 Å². The summed E-state index contributed by atoms with van der Waals surface area (Å²) in [6.45, 7) is 2.16. The van der Waals surface area contributed by atoms with Gasteiger partial charge in [0.05, 0.1) is 19.3 Å². The average molecular weight is 667 g/mol. The number of amides is 3. The van der Waals surface area contributed by atoms with Gasteiger partial charge in [-0.25, -0.2) is 4.79 Å². The number of ether oxygens (including phenoxy) is 2. The largest absolute Gasteiger partial charge is 0.497 e. The Morgan fingerprint density at radius 1 is 0.851 bits per heavy atom. The fraction of sp³-hybridized carbons (Fsp3) is 0.417. The van der Waals surface area contributed by atoms with Crippen LogP contribution in [0.5, 0.6) is 5.75 Å². The second-order valence-electron chi connectivity index (χ2n) is 11.6. The molecule has 254 valence electrons. The van der Waals surface area contributed by atoms with Crippen molar-refractivity contribution >= 4 is 30.3 Å². The van der Waals surface area contributed by atoms with Crippen molar-refractivity contribution in [2.24, 2.45) is 0 Å². The SMILES string of the molecule is COc1cccc(CNC[C@H](O)[C@H](Cc2ccccc2)NC(=O)[C@@H](CCC(=O)N2CCCCC2)NC(=O)OCc2ccccc2)c1.Cl. The van der Waals surface area contributed by atoms with E-state index in [9.17, 15) is 19.5 Å². The molecular weight excluding hydrogens is 620 g/mol. The molecule has 11 heteroatoms. The maximum absolute atomic E-state index is 13.8. The number of aliphatic hydroxyl groups excluding tert-OH is 1. The first kappa shape index (κ1) is 37.3. The molecule has 0 aromatic heterocycles. The van der Waals surface area contributed by atoms with E-state index in [1.807, 2.05) is 89.8 Å². The fourth-order valence-corrected chi connectivity index (χ4v) is 5.47. The summed E-state index contributed by atoms with van der Waals surface area (Å²) in [5.41, 5.74) is 2.74. The molecule has 1 aliphatic heterocycles. The van der Waals surface area contributed by atoms with Gasteiger partial charge < -0.3 is 35.4 Å². The topological polar surface area (TPSA) is 129 Å². The Morgan fingerprint density at radius 2 is 1.51 bits per heavy atom. The molecule has 0 unspecified atom stereocenters. The maximum Gasteiger partial charge on any atom is 0.408 e. The molecular formula is C36H47ClN4O6. The first-order valence-corrected chi connectivity index (χ1v) is 16.0. The lowest BCUT2D eigenvalue weighted by Gasteiger charge is -2.29. The van der Waals surface area contributed by atoms with Crippen LogP contribution in [0.4, 0.5) is 4.79 Å². The van der Waals surface area contributed by atoms with Gasteiger partial charge in [0.25, 0.3) is 0 Å². The van der Waals surface area contributed by atoms with E-state index in [-0.39, 0.29) is 44.3 Å². The number of rotatable bonds is 16. The van der Waals surface area contributed by atoms with E-state index in [1.165, 1.54) is 0 Å². The summed E-state index contributed by atoms with van der Waals surface area (Å²) in [6.07, 6.45) is 1.89. The number of nitrogens with one attached hydrogen (secondary N) is 3. The van der Waals surface area contributed by atoms with Gasteiger partial charge in [0, 0.05) is 32.6 Å². The number of aliphatic hydroxyl groups is 1. The molecule has 4 rings (SSSR count). The minimum Gasteiger partial charge on any atom is -0.497 e. The van der Waals surface area contributed by atoms with Crippen molar-refractivity contribution in [3.05, 3.63) is 102 Å². The van der Waals surface area contributed by atoms with E-state index in [4.69, 9.17) is 9.47 Å². The second-order valence-corrected chi connectivity index (χ2v) is 11.6. The highest BCUT2D eigenvalue weighted by Crippen LogP contribution is 2.14. The van der Waals surface area contributed by atoms with Gasteiger partial charge >= 0.3 is 6.09 Å². The van der Waals surface area contributed by atoms with Crippen LogP contribution in [-0.2, 0) is 33.9 Å². The number of hydrogen-bond donors (Lipinski definition) is 4. The number of carbonyl (C=O) groups is 3. The third kappa shape index (κ3) is 12.9. The van der Waals surface area contributed by atoms with Crippen LogP contribution in [0.2, 0.25) is 0 Å². The third-order valence-corrected chi connectivity index (χ3v) is 8.08. The number of nitrogens with zero attached hydrogens (tertiary/aromatic N) is 1. The lowest BCUT2D eigenvalue weighted by molar-refractivity contribution is -0.132. The summed E-state index contributed by atoms with van der Waals surface area (Å²) in [6, 6.07) is 24.8. The Balaban J connectivity index is 0.00000600. The van der Waals surface area contributed by atoms with Crippen molar-refractivity contribution in [3.63, 3.8) is 0 Å². The Kier molecular flexibility index (Phi) is 16.0. The highest BCUT2D eigenvalue weighted by Gasteiger charge is 2.29. The molecule has 0 radical (unpaired) electrons. The van der Waals surface area contributed by atoms with Gasteiger partial charge in [-0.1, -0.05) is 72.8 Å². The molecule has 4 N–H and O–H groups in total. The summed E-state index contributed by atoms with van der Waals surface area (Å²) in [5.74, 6) is 0.212. The molecule has 1 fully saturated rings. The van der Waals surface area contributed by atoms with Crippen LogP contribution in [0.1, 0.15) is 48.8 Å². The Morgan fingerprint density at radius 3 is 2.19 bits per heavy atom. The van der Waals surface area contributed by atoms with E-state index in [1.54, 1.807) is 7.11 Å². The zero-order valence-electron chi connectivity index (χ0n) is 26.9. The minimum atomic E-state index is -1.03. The molecule has 1 aliphatic rings. The standard InChI is InChI=1S/C36H46N4O6.ClH/c1-45-30-17-11-16-29(22-30)24-37-25-33(41)32(23-27-12-5-2-6-13-27)38-35(43)31(18-19-34(42)40-20-9-4-10-21-40)39-36(44)46-26-28-14-7-3-8-15-28;/h2-3,5-8,11-17,22,31-33,37,41H,4,9-10,18-21,23-26H2,1H3,(H,38,43)(H,39,44);1H/t31-,32+,33+;/m1./s1. The van der Waals surface area contributed by atoms with Crippen LogP contribution in [0.25, 0.3) is 0 Å². The van der Waals surface area contributed by atoms with E-state index < -0.39 is 30.2 Å². The number of hydrogen-bond acceptors (Lipinski definition) is 7. The van der Waals surface area contributed by atoms with Crippen LogP contribution in [0.15, 0.2) is 84.9 Å². The summed E-state index contributed by atoms with van der Waals surface area (Å²) in [5, 5.41) is 20.2. The zero-order chi connectivity index (χ0) is 32.6. The van der Waals surface area contributed by atoms with Gasteiger partial charge in [0.2, 0.25) is 11.8 Å². The summed E-state index contributed by atoms with van der Waals surface area (Å²) >= 11 is 0. The van der Waals surface area contributed by atoms with Gasteiger partial charge in [-0.05, 0) is 60.9 Å². The monoisotopic (exact) mass is 666 g/mol. The van der Waals surface area contributed by atoms with Crippen molar-refractivity contribution in [3.8, 4) is 5.75 Å². The van der Waals surface area contributed by atoms with E-state index >= 15 is 0 Å². The highest BCUT2D eigenvalue weighted by molar-refractivity contribution is 5.87. The Labute approximate surface area is 283 Å². The summed E-state index contributed by atoms with van der Waals surface area (Å²) in [4.78, 5) is 41.4. The molecule has 0 aliphatic carbocycles. The van der Waals surface area contributed by atoms with Crippen molar-refractivity contribution in [2.45, 2.75) is 69.9 Å². The van der Waals surface area contributed by atoms with E-state index in [0.717, 1.165) is 41.7 Å². The summed E-state index contributed by atoms with van der Waals surface area (Å²) in [7, 11) is 1.61. The third-order valence-electron chi connectivity index (χ3n) is 8.08. The van der Waals surface area contributed by atoms with E-state index in [2.05, 4.69) is 16.0 Å². The molecule has 3 aromatic rings. The number of methoxy groups -OCH3 is 1. The molecule has 3 aromatic carbocycles. The molecule has 3 atom stereocenters.